The van der Waals surface area contributed by atoms with Gasteiger partial charge in [-0.15, -0.1) is 0 Å². The first-order valence-electron chi connectivity index (χ1n) is 5.54. The van der Waals surface area contributed by atoms with Gasteiger partial charge in [-0.2, -0.15) is 0 Å². The molecule has 0 atom stereocenters. The third-order valence-corrected chi connectivity index (χ3v) is 2.33. The molecular weight excluding hydrogens is 200 g/mol. The maximum Gasteiger partial charge on any atom is 0.0886 e. The Hall–Kier alpha value is -1.52. The molecule has 1 aromatic heterocycles. The van der Waals surface area contributed by atoms with Gasteiger partial charge in [-0.05, 0) is 12.1 Å². The van der Waals surface area contributed by atoms with E-state index in [1.54, 1.807) is 12.4 Å². The average molecular weight is 216 g/mol. The lowest BCUT2D eigenvalue weighted by Gasteiger charge is -2.11. The zero-order chi connectivity index (χ0) is 11.1. The van der Waals surface area contributed by atoms with E-state index in [9.17, 15) is 0 Å². The summed E-state index contributed by atoms with van der Waals surface area (Å²) in [7, 11) is 0. The van der Waals surface area contributed by atoms with Crippen LogP contribution >= 0.6 is 0 Å². The molecule has 1 aliphatic rings. The lowest BCUT2D eigenvalue weighted by Crippen LogP contribution is -2.39. The standard InChI is InChI=1S/C8H6N2.C4H10N2/c1-2-4-8-7(3-1)9-5-6-10-8;1-2-6-4-3-5-1/h1-6H;5-6H,1-4H2. The molecule has 0 amide bonds. The summed E-state index contributed by atoms with van der Waals surface area (Å²) in [5, 5.41) is 6.44. The van der Waals surface area contributed by atoms with Gasteiger partial charge >= 0.3 is 0 Å². The summed E-state index contributed by atoms with van der Waals surface area (Å²) >= 11 is 0. The Morgan fingerprint density at radius 2 is 1.19 bits per heavy atom. The second-order valence-corrected chi connectivity index (χ2v) is 3.55. The quantitative estimate of drug-likeness (QED) is 0.684. The molecule has 2 aromatic rings. The van der Waals surface area contributed by atoms with Crippen LogP contribution in [-0.2, 0) is 0 Å². The van der Waals surface area contributed by atoms with E-state index < -0.39 is 0 Å². The van der Waals surface area contributed by atoms with Crippen molar-refractivity contribution in [3.8, 4) is 0 Å². The monoisotopic (exact) mass is 216 g/mol. The number of rotatable bonds is 0. The average Bonchev–Trinajstić information content (AvgIpc) is 2.42. The molecule has 1 aliphatic heterocycles. The molecule has 1 saturated heterocycles. The first kappa shape index (κ1) is 11.0. The van der Waals surface area contributed by atoms with Gasteiger partial charge in [-0.1, -0.05) is 12.1 Å². The lowest BCUT2D eigenvalue weighted by molar-refractivity contribution is 0.534. The number of fused-ring (bicyclic) bond motifs is 1. The van der Waals surface area contributed by atoms with Gasteiger partial charge in [0.1, 0.15) is 0 Å². The number of nitrogens with zero attached hydrogens (tertiary/aromatic N) is 2. The van der Waals surface area contributed by atoms with Crippen molar-refractivity contribution >= 4 is 11.0 Å². The number of para-hydroxylation sites is 2. The van der Waals surface area contributed by atoms with Crippen LogP contribution in [0.2, 0.25) is 0 Å². The lowest BCUT2D eigenvalue weighted by atomic mass is 10.3. The van der Waals surface area contributed by atoms with Crippen molar-refractivity contribution in [3.63, 3.8) is 0 Å². The molecule has 4 heteroatoms. The van der Waals surface area contributed by atoms with E-state index >= 15 is 0 Å². The number of hydrogen-bond acceptors (Lipinski definition) is 4. The number of aromatic nitrogens is 2. The Morgan fingerprint density at radius 1 is 0.750 bits per heavy atom. The molecule has 0 saturated carbocycles. The van der Waals surface area contributed by atoms with Crippen molar-refractivity contribution in [2.24, 2.45) is 0 Å². The minimum atomic E-state index is 0.949. The molecule has 3 rings (SSSR count). The Morgan fingerprint density at radius 3 is 1.56 bits per heavy atom. The van der Waals surface area contributed by atoms with Gasteiger partial charge in [0.15, 0.2) is 0 Å². The van der Waals surface area contributed by atoms with Crippen molar-refractivity contribution in [2.45, 2.75) is 0 Å². The van der Waals surface area contributed by atoms with Crippen molar-refractivity contribution in [2.75, 3.05) is 26.2 Å². The fourth-order valence-electron chi connectivity index (χ4n) is 1.51. The van der Waals surface area contributed by atoms with Crippen LogP contribution in [0.1, 0.15) is 0 Å². The van der Waals surface area contributed by atoms with E-state index in [2.05, 4.69) is 20.6 Å². The van der Waals surface area contributed by atoms with E-state index in [0.717, 1.165) is 37.2 Å². The van der Waals surface area contributed by atoms with Gasteiger partial charge < -0.3 is 10.6 Å². The molecule has 16 heavy (non-hydrogen) atoms. The second-order valence-electron chi connectivity index (χ2n) is 3.55. The Kier molecular flexibility index (Phi) is 4.22. The number of nitrogens with one attached hydrogen (secondary N) is 2. The molecule has 0 aliphatic carbocycles. The topological polar surface area (TPSA) is 49.8 Å². The molecule has 0 unspecified atom stereocenters. The van der Waals surface area contributed by atoms with Crippen LogP contribution in [0.3, 0.4) is 0 Å². The number of piperazine rings is 1. The molecule has 0 radical (unpaired) electrons. The summed E-state index contributed by atoms with van der Waals surface area (Å²) < 4.78 is 0. The summed E-state index contributed by atoms with van der Waals surface area (Å²) in [5.41, 5.74) is 1.90. The Balaban J connectivity index is 0.000000138. The van der Waals surface area contributed by atoms with Crippen molar-refractivity contribution in [1.29, 1.82) is 0 Å². The van der Waals surface area contributed by atoms with E-state index in [4.69, 9.17) is 0 Å². The number of benzene rings is 1. The molecule has 4 nitrogen and oxygen atoms in total. The smallest absolute Gasteiger partial charge is 0.0886 e. The molecule has 0 spiro atoms. The highest BCUT2D eigenvalue weighted by Gasteiger charge is 1.91. The minimum absolute atomic E-state index is 0.949. The van der Waals surface area contributed by atoms with Crippen molar-refractivity contribution < 1.29 is 0 Å². The first-order valence-corrected chi connectivity index (χ1v) is 5.54. The van der Waals surface area contributed by atoms with Crippen LogP contribution in [0.4, 0.5) is 0 Å². The summed E-state index contributed by atoms with van der Waals surface area (Å²) in [6, 6.07) is 7.80. The second kappa shape index (κ2) is 6.15. The molecule has 84 valence electrons. The van der Waals surface area contributed by atoms with Crippen LogP contribution < -0.4 is 10.6 Å². The summed E-state index contributed by atoms with van der Waals surface area (Å²) in [4.78, 5) is 8.24. The van der Waals surface area contributed by atoms with Gasteiger partial charge in [-0.25, -0.2) is 0 Å². The summed E-state index contributed by atoms with van der Waals surface area (Å²) in [6.45, 7) is 4.56. The fraction of sp³-hybridized carbons (Fsp3) is 0.333. The largest absolute Gasteiger partial charge is 0.314 e. The van der Waals surface area contributed by atoms with E-state index in [1.165, 1.54) is 0 Å². The highest BCUT2D eigenvalue weighted by Crippen LogP contribution is 2.04. The van der Waals surface area contributed by atoms with Gasteiger partial charge in [0.25, 0.3) is 0 Å². The third-order valence-electron chi connectivity index (χ3n) is 2.33. The molecule has 1 fully saturated rings. The van der Waals surface area contributed by atoms with Gasteiger partial charge in [0.05, 0.1) is 11.0 Å². The fourth-order valence-corrected chi connectivity index (χ4v) is 1.51. The van der Waals surface area contributed by atoms with E-state index in [1.807, 2.05) is 24.3 Å². The van der Waals surface area contributed by atoms with Gasteiger partial charge in [-0.3, -0.25) is 9.97 Å². The third kappa shape index (κ3) is 3.25. The zero-order valence-corrected chi connectivity index (χ0v) is 9.19. The Bertz CT molecular complexity index is 349. The summed E-state index contributed by atoms with van der Waals surface area (Å²) in [6.07, 6.45) is 3.39. The maximum atomic E-state index is 4.12. The molecule has 2 heterocycles. The highest BCUT2D eigenvalue weighted by molar-refractivity contribution is 5.72. The molecule has 0 bridgehead atoms. The van der Waals surface area contributed by atoms with Crippen LogP contribution in [-0.4, -0.2) is 36.1 Å². The van der Waals surface area contributed by atoms with Crippen LogP contribution in [0.25, 0.3) is 11.0 Å². The molecule has 2 N–H and O–H groups in total. The number of hydrogen-bond donors (Lipinski definition) is 2. The van der Waals surface area contributed by atoms with Gasteiger partial charge in [0.2, 0.25) is 0 Å². The SMILES string of the molecule is C1CNCCN1.c1ccc2nccnc2c1. The van der Waals surface area contributed by atoms with Gasteiger partial charge in [0, 0.05) is 38.6 Å². The summed E-state index contributed by atoms with van der Waals surface area (Å²) in [5.74, 6) is 0. The van der Waals surface area contributed by atoms with Crippen molar-refractivity contribution in [3.05, 3.63) is 36.7 Å². The molecular formula is C12H16N4. The predicted molar refractivity (Wildman–Crippen MR) is 65.3 cm³/mol. The van der Waals surface area contributed by atoms with Crippen LogP contribution in [0.15, 0.2) is 36.7 Å². The van der Waals surface area contributed by atoms with Crippen LogP contribution in [0, 0.1) is 0 Å². The van der Waals surface area contributed by atoms with E-state index in [-0.39, 0.29) is 0 Å². The van der Waals surface area contributed by atoms with E-state index in [0.29, 0.717) is 0 Å². The normalized spacial score (nSPS) is 15.2. The Labute approximate surface area is 95.1 Å². The molecule has 1 aromatic carbocycles. The minimum Gasteiger partial charge on any atom is -0.314 e. The highest BCUT2D eigenvalue weighted by atomic mass is 15.0. The first-order chi connectivity index (χ1) is 7.97. The maximum absolute atomic E-state index is 4.12. The predicted octanol–water partition coefficient (Wildman–Crippen LogP) is 0.809. The van der Waals surface area contributed by atoms with Crippen molar-refractivity contribution in [1.82, 2.24) is 20.6 Å². The van der Waals surface area contributed by atoms with Crippen LogP contribution in [0.5, 0.6) is 0 Å². The zero-order valence-electron chi connectivity index (χ0n) is 9.19.